The van der Waals surface area contributed by atoms with Crippen LogP contribution in [0.1, 0.15) is 35.1 Å². The molecular formula is C16H17F2N3O2. The summed E-state index contributed by atoms with van der Waals surface area (Å²) in [5, 5.41) is 2.77. The molecule has 0 unspecified atom stereocenters. The Hall–Kier alpha value is -2.44. The second-order valence-electron chi connectivity index (χ2n) is 5.62. The van der Waals surface area contributed by atoms with Gasteiger partial charge in [0.15, 0.2) is 11.6 Å². The van der Waals surface area contributed by atoms with Crippen LogP contribution < -0.4 is 10.1 Å². The van der Waals surface area contributed by atoms with Gasteiger partial charge in [-0.25, -0.2) is 13.8 Å². The maximum absolute atomic E-state index is 14.1. The lowest BCUT2D eigenvalue weighted by molar-refractivity contribution is 0.0920. The van der Waals surface area contributed by atoms with Crippen LogP contribution in [0, 0.1) is 17.6 Å². The molecule has 5 nitrogen and oxygen atoms in total. The van der Waals surface area contributed by atoms with Gasteiger partial charge in [0, 0.05) is 19.4 Å². The molecule has 1 aliphatic rings. The fraction of sp³-hybridized carbons (Fsp3) is 0.375. The molecule has 122 valence electrons. The number of halogens is 2. The molecule has 7 heteroatoms. The van der Waals surface area contributed by atoms with Gasteiger partial charge in [0.25, 0.3) is 5.91 Å². The molecule has 1 fully saturated rings. The topological polar surface area (TPSA) is 56.1 Å². The predicted molar refractivity (Wildman–Crippen MR) is 79.0 cm³/mol. The maximum atomic E-state index is 14.1. The zero-order valence-electron chi connectivity index (χ0n) is 12.8. The molecule has 3 rings (SSSR count). The van der Waals surface area contributed by atoms with Crippen LogP contribution in [-0.2, 0) is 7.05 Å². The molecule has 0 spiro atoms. The highest BCUT2D eigenvalue weighted by Gasteiger charge is 2.36. The van der Waals surface area contributed by atoms with Crippen LogP contribution >= 0.6 is 0 Å². The molecule has 1 aliphatic carbocycles. The van der Waals surface area contributed by atoms with Crippen LogP contribution in [0.5, 0.6) is 5.75 Å². The van der Waals surface area contributed by atoms with Crippen LogP contribution in [0.4, 0.5) is 8.78 Å². The third-order valence-corrected chi connectivity index (χ3v) is 4.02. The number of aryl methyl sites for hydroxylation is 1. The highest BCUT2D eigenvalue weighted by Crippen LogP contribution is 2.40. The Kier molecular flexibility index (Phi) is 4.02. The van der Waals surface area contributed by atoms with E-state index in [4.69, 9.17) is 4.74 Å². The van der Waals surface area contributed by atoms with Crippen molar-refractivity contribution < 1.29 is 18.3 Å². The van der Waals surface area contributed by atoms with E-state index in [0.717, 1.165) is 18.9 Å². The van der Waals surface area contributed by atoms with Crippen molar-refractivity contribution in [3.05, 3.63) is 47.5 Å². The second kappa shape index (κ2) is 5.98. The number of ether oxygens (including phenoxy) is 1. The minimum Gasteiger partial charge on any atom is -0.496 e. The van der Waals surface area contributed by atoms with Crippen molar-refractivity contribution in [2.45, 2.75) is 18.9 Å². The fourth-order valence-electron chi connectivity index (χ4n) is 2.63. The van der Waals surface area contributed by atoms with E-state index in [-0.39, 0.29) is 17.7 Å². The number of hydrogen-bond acceptors (Lipinski definition) is 3. The van der Waals surface area contributed by atoms with Gasteiger partial charge in [0.2, 0.25) is 0 Å². The molecule has 1 heterocycles. The first-order valence-corrected chi connectivity index (χ1v) is 7.33. The van der Waals surface area contributed by atoms with Crippen LogP contribution in [-0.4, -0.2) is 22.6 Å². The molecule has 1 aromatic carbocycles. The summed E-state index contributed by atoms with van der Waals surface area (Å²) in [4.78, 5) is 16.8. The van der Waals surface area contributed by atoms with Gasteiger partial charge in [-0.3, -0.25) is 4.79 Å². The van der Waals surface area contributed by atoms with Gasteiger partial charge in [-0.05, 0) is 30.9 Å². The number of carbonyl (C=O) groups excluding carboxylic acids is 1. The van der Waals surface area contributed by atoms with E-state index in [9.17, 15) is 13.6 Å². The van der Waals surface area contributed by atoms with Crippen molar-refractivity contribution in [3.8, 4) is 5.75 Å². The van der Waals surface area contributed by atoms with E-state index in [1.165, 1.54) is 13.2 Å². The number of hydrogen-bond donors (Lipinski definition) is 1. The van der Waals surface area contributed by atoms with Crippen molar-refractivity contribution in [1.29, 1.82) is 0 Å². The third-order valence-electron chi connectivity index (χ3n) is 4.02. The molecule has 0 saturated heterocycles. The lowest BCUT2D eigenvalue weighted by Gasteiger charge is -2.19. The van der Waals surface area contributed by atoms with E-state index in [1.54, 1.807) is 12.4 Å². The minimum atomic E-state index is -1.21. The van der Waals surface area contributed by atoms with Crippen LogP contribution in [0.2, 0.25) is 0 Å². The number of nitrogens with one attached hydrogen (secondary N) is 1. The number of rotatable bonds is 5. The van der Waals surface area contributed by atoms with E-state index < -0.39 is 23.1 Å². The lowest BCUT2D eigenvalue weighted by atomic mass is 10.1. The number of nitrogens with zero attached hydrogens (tertiary/aromatic N) is 2. The smallest absolute Gasteiger partial charge is 0.258 e. The van der Waals surface area contributed by atoms with Crippen LogP contribution in [0.3, 0.4) is 0 Å². The second-order valence-corrected chi connectivity index (χ2v) is 5.62. The van der Waals surface area contributed by atoms with Crippen LogP contribution in [0.25, 0.3) is 0 Å². The number of methoxy groups -OCH3 is 1. The summed E-state index contributed by atoms with van der Waals surface area (Å²) in [5.41, 5.74) is -0.424. The molecule has 1 aromatic heterocycles. The van der Waals surface area contributed by atoms with Gasteiger partial charge in [-0.1, -0.05) is 0 Å². The lowest BCUT2D eigenvalue weighted by Crippen LogP contribution is -2.32. The Labute approximate surface area is 132 Å². The third kappa shape index (κ3) is 2.91. The first-order chi connectivity index (χ1) is 11.0. The molecule has 23 heavy (non-hydrogen) atoms. The predicted octanol–water partition coefficient (Wildman–Crippen LogP) is 2.59. The van der Waals surface area contributed by atoms with Gasteiger partial charge in [0.1, 0.15) is 17.1 Å². The number of imidazole rings is 1. The van der Waals surface area contributed by atoms with E-state index in [0.29, 0.717) is 5.82 Å². The summed E-state index contributed by atoms with van der Waals surface area (Å²) in [6.07, 6.45) is 5.33. The number of benzene rings is 1. The van der Waals surface area contributed by atoms with Gasteiger partial charge in [-0.15, -0.1) is 0 Å². The number of amides is 1. The molecule has 2 aromatic rings. The highest BCUT2D eigenvalue weighted by molar-refractivity contribution is 5.97. The Bertz CT molecular complexity index is 741. The van der Waals surface area contributed by atoms with Crippen molar-refractivity contribution in [3.63, 3.8) is 0 Å². The summed E-state index contributed by atoms with van der Waals surface area (Å²) < 4.78 is 34.3. The first kappa shape index (κ1) is 15.5. The summed E-state index contributed by atoms with van der Waals surface area (Å²) >= 11 is 0. The van der Waals surface area contributed by atoms with E-state index in [1.807, 2.05) is 11.6 Å². The Morgan fingerprint density at radius 2 is 2.17 bits per heavy atom. The molecule has 1 saturated carbocycles. The fourth-order valence-corrected chi connectivity index (χ4v) is 2.63. The number of carbonyl (C=O) groups is 1. The molecule has 1 amide bonds. The minimum absolute atomic E-state index is 0.00390. The van der Waals surface area contributed by atoms with Crippen molar-refractivity contribution in [1.82, 2.24) is 14.9 Å². The summed E-state index contributed by atoms with van der Waals surface area (Å²) in [6.45, 7) is 0. The molecule has 0 radical (unpaired) electrons. The zero-order chi connectivity index (χ0) is 16.6. The normalized spacial score (nSPS) is 15.3. The van der Waals surface area contributed by atoms with E-state index >= 15 is 0 Å². The Morgan fingerprint density at radius 3 is 2.74 bits per heavy atom. The maximum Gasteiger partial charge on any atom is 0.258 e. The average molecular weight is 321 g/mol. The zero-order valence-corrected chi connectivity index (χ0v) is 12.8. The van der Waals surface area contributed by atoms with Crippen molar-refractivity contribution in [2.75, 3.05) is 7.11 Å². The van der Waals surface area contributed by atoms with Crippen molar-refractivity contribution >= 4 is 5.91 Å². The average Bonchev–Trinajstić information content (AvgIpc) is 3.29. The molecule has 1 N–H and O–H groups in total. The van der Waals surface area contributed by atoms with E-state index in [2.05, 4.69) is 10.3 Å². The summed E-state index contributed by atoms with van der Waals surface area (Å²) in [5.74, 6) is -2.07. The van der Waals surface area contributed by atoms with Gasteiger partial charge in [0.05, 0.1) is 13.2 Å². The quantitative estimate of drug-likeness (QED) is 0.921. The molecule has 0 bridgehead atoms. The highest BCUT2D eigenvalue weighted by atomic mass is 19.2. The Morgan fingerprint density at radius 1 is 1.43 bits per heavy atom. The summed E-state index contributed by atoms with van der Waals surface area (Å²) in [7, 11) is 3.13. The largest absolute Gasteiger partial charge is 0.496 e. The number of aromatic nitrogens is 2. The molecule has 0 aliphatic heterocycles. The summed E-state index contributed by atoms with van der Waals surface area (Å²) in [6, 6.07) is 1.83. The monoisotopic (exact) mass is 321 g/mol. The first-order valence-electron chi connectivity index (χ1n) is 7.33. The van der Waals surface area contributed by atoms with Crippen molar-refractivity contribution in [2.24, 2.45) is 13.0 Å². The standard InChI is InChI=1S/C16H17F2N3O2/c1-21-8-7-19-15(21)14(9-3-4-9)20-16(22)12-11(23-2)6-5-10(17)13(12)18/h5-9,14H,3-4H2,1-2H3,(H,20,22)/t14-/m0/s1. The van der Waals surface area contributed by atoms with Gasteiger partial charge >= 0.3 is 0 Å². The Balaban J connectivity index is 1.92. The van der Waals surface area contributed by atoms with Crippen LogP contribution in [0.15, 0.2) is 24.5 Å². The van der Waals surface area contributed by atoms with Gasteiger partial charge in [-0.2, -0.15) is 0 Å². The molecule has 1 atom stereocenters. The SMILES string of the molecule is COc1ccc(F)c(F)c1C(=O)N[C@H](c1nccn1C)C1CC1. The molecular weight excluding hydrogens is 304 g/mol. The van der Waals surface area contributed by atoms with Gasteiger partial charge < -0.3 is 14.6 Å².